The SMILES string of the molecule is CCCOc1ccc([C@@H]2C(C#N)=C(N)Oc3n[nH]c(C(C)(C)C)c32)cc1. The molecule has 0 radical (unpaired) electrons. The molecule has 0 aliphatic carbocycles. The largest absolute Gasteiger partial charge is 0.494 e. The molecule has 2 heterocycles. The highest BCUT2D eigenvalue weighted by Gasteiger charge is 2.37. The molecule has 26 heavy (non-hydrogen) atoms. The molecule has 0 saturated heterocycles. The Labute approximate surface area is 153 Å². The van der Waals surface area contributed by atoms with Gasteiger partial charge >= 0.3 is 0 Å². The Morgan fingerprint density at radius 2 is 2.00 bits per heavy atom. The fourth-order valence-electron chi connectivity index (χ4n) is 3.13. The van der Waals surface area contributed by atoms with Gasteiger partial charge in [-0.05, 0) is 24.1 Å². The molecule has 1 aliphatic rings. The van der Waals surface area contributed by atoms with E-state index in [9.17, 15) is 5.26 Å². The molecule has 0 saturated carbocycles. The maximum absolute atomic E-state index is 9.70. The molecule has 1 aromatic carbocycles. The monoisotopic (exact) mass is 352 g/mol. The second-order valence-electron chi connectivity index (χ2n) is 7.41. The Morgan fingerprint density at radius 3 is 2.58 bits per heavy atom. The van der Waals surface area contributed by atoms with Crippen LogP contribution in [0.15, 0.2) is 35.7 Å². The normalized spacial score (nSPS) is 16.7. The summed E-state index contributed by atoms with van der Waals surface area (Å²) in [5, 5.41) is 17.0. The van der Waals surface area contributed by atoms with Crippen molar-refractivity contribution in [2.24, 2.45) is 5.73 Å². The number of rotatable bonds is 4. The van der Waals surface area contributed by atoms with Gasteiger partial charge in [0.25, 0.3) is 0 Å². The number of aromatic amines is 1. The number of ether oxygens (including phenoxy) is 2. The van der Waals surface area contributed by atoms with Crippen LogP contribution in [0.25, 0.3) is 0 Å². The molecular formula is C20H24N4O2. The van der Waals surface area contributed by atoms with Crippen molar-refractivity contribution in [1.29, 1.82) is 5.26 Å². The zero-order valence-electron chi connectivity index (χ0n) is 15.6. The third kappa shape index (κ3) is 3.13. The molecule has 6 heteroatoms. The smallest absolute Gasteiger partial charge is 0.244 e. The average Bonchev–Trinajstić information content (AvgIpc) is 3.03. The van der Waals surface area contributed by atoms with Crippen molar-refractivity contribution >= 4 is 0 Å². The lowest BCUT2D eigenvalue weighted by Crippen LogP contribution is -2.23. The van der Waals surface area contributed by atoms with Crippen LogP contribution in [0, 0.1) is 11.3 Å². The molecule has 0 spiro atoms. The molecular weight excluding hydrogens is 328 g/mol. The maximum Gasteiger partial charge on any atom is 0.244 e. The van der Waals surface area contributed by atoms with Gasteiger partial charge in [0.1, 0.15) is 17.4 Å². The molecule has 3 N–H and O–H groups in total. The van der Waals surface area contributed by atoms with E-state index in [0.29, 0.717) is 18.1 Å². The molecule has 1 aliphatic heterocycles. The van der Waals surface area contributed by atoms with E-state index in [4.69, 9.17) is 15.2 Å². The lowest BCUT2D eigenvalue weighted by Gasteiger charge is -2.27. The topological polar surface area (TPSA) is 96.9 Å². The maximum atomic E-state index is 9.70. The fourth-order valence-corrected chi connectivity index (χ4v) is 3.13. The van der Waals surface area contributed by atoms with Gasteiger partial charge in [0, 0.05) is 11.1 Å². The van der Waals surface area contributed by atoms with Gasteiger partial charge in [-0.3, -0.25) is 5.10 Å². The molecule has 3 rings (SSSR count). The van der Waals surface area contributed by atoms with Crippen LogP contribution in [0.1, 0.15) is 56.9 Å². The number of allylic oxidation sites excluding steroid dienone is 1. The summed E-state index contributed by atoms with van der Waals surface area (Å²) < 4.78 is 11.3. The predicted octanol–water partition coefficient (Wildman–Crippen LogP) is 3.71. The van der Waals surface area contributed by atoms with E-state index in [1.807, 2.05) is 24.3 Å². The molecule has 136 valence electrons. The molecule has 1 atom stereocenters. The zero-order valence-corrected chi connectivity index (χ0v) is 15.6. The van der Waals surface area contributed by atoms with E-state index >= 15 is 0 Å². The first-order valence-electron chi connectivity index (χ1n) is 8.76. The van der Waals surface area contributed by atoms with E-state index < -0.39 is 0 Å². The lowest BCUT2D eigenvalue weighted by molar-refractivity contribution is 0.317. The third-order valence-electron chi connectivity index (χ3n) is 4.38. The lowest BCUT2D eigenvalue weighted by atomic mass is 9.79. The second kappa shape index (κ2) is 6.75. The number of hydrogen-bond donors (Lipinski definition) is 2. The van der Waals surface area contributed by atoms with Crippen molar-refractivity contribution < 1.29 is 9.47 Å². The summed E-state index contributed by atoms with van der Waals surface area (Å²) >= 11 is 0. The van der Waals surface area contributed by atoms with Gasteiger partial charge < -0.3 is 15.2 Å². The number of nitriles is 1. The fraction of sp³-hybridized carbons (Fsp3) is 0.400. The van der Waals surface area contributed by atoms with E-state index in [-0.39, 0.29) is 17.2 Å². The summed E-state index contributed by atoms with van der Waals surface area (Å²) in [6.07, 6.45) is 0.951. The molecule has 6 nitrogen and oxygen atoms in total. The van der Waals surface area contributed by atoms with Crippen molar-refractivity contribution in [3.05, 3.63) is 52.5 Å². The van der Waals surface area contributed by atoms with Crippen LogP contribution in [0.5, 0.6) is 11.6 Å². The first-order valence-corrected chi connectivity index (χ1v) is 8.76. The molecule has 0 fully saturated rings. The van der Waals surface area contributed by atoms with E-state index in [2.05, 4.69) is 44.0 Å². The van der Waals surface area contributed by atoms with Gasteiger partial charge in [-0.15, -0.1) is 5.10 Å². The minimum atomic E-state index is -0.322. The molecule has 0 unspecified atom stereocenters. The van der Waals surface area contributed by atoms with Crippen molar-refractivity contribution in [2.75, 3.05) is 6.61 Å². The number of aromatic nitrogens is 2. The standard InChI is InChI=1S/C20H24N4O2/c1-5-10-25-13-8-6-12(7-9-13)15-14(11-21)18(22)26-19-16(15)17(23-24-19)20(2,3)4/h6-9,15H,5,10,22H2,1-4H3,(H,23,24)/t15-/m1/s1. The van der Waals surface area contributed by atoms with Crippen molar-refractivity contribution in [2.45, 2.75) is 45.4 Å². The Hall–Kier alpha value is -2.94. The second-order valence-corrected chi connectivity index (χ2v) is 7.41. The Balaban J connectivity index is 2.10. The number of nitrogens with two attached hydrogens (primary N) is 1. The van der Waals surface area contributed by atoms with Gasteiger partial charge in [-0.2, -0.15) is 5.26 Å². The quantitative estimate of drug-likeness (QED) is 0.874. The van der Waals surface area contributed by atoms with Crippen LogP contribution >= 0.6 is 0 Å². The van der Waals surface area contributed by atoms with Crippen LogP contribution in [-0.2, 0) is 5.41 Å². The number of hydrogen-bond acceptors (Lipinski definition) is 5. The highest BCUT2D eigenvalue weighted by molar-refractivity contribution is 5.56. The molecule has 2 aromatic rings. The summed E-state index contributed by atoms with van der Waals surface area (Å²) in [6, 6.07) is 9.99. The number of fused-ring (bicyclic) bond motifs is 1. The van der Waals surface area contributed by atoms with E-state index in [1.165, 1.54) is 0 Å². The Bertz CT molecular complexity index is 867. The van der Waals surface area contributed by atoms with Crippen LogP contribution in [-0.4, -0.2) is 16.8 Å². The van der Waals surface area contributed by atoms with E-state index in [1.54, 1.807) is 0 Å². The van der Waals surface area contributed by atoms with Gasteiger partial charge in [0.15, 0.2) is 0 Å². The third-order valence-corrected chi connectivity index (χ3v) is 4.38. The van der Waals surface area contributed by atoms with E-state index in [0.717, 1.165) is 29.0 Å². The van der Waals surface area contributed by atoms with Crippen molar-refractivity contribution in [1.82, 2.24) is 10.2 Å². The predicted molar refractivity (Wildman–Crippen MR) is 98.8 cm³/mol. The number of H-pyrrole nitrogens is 1. The van der Waals surface area contributed by atoms with Gasteiger partial charge in [-0.1, -0.05) is 39.8 Å². The van der Waals surface area contributed by atoms with Gasteiger partial charge in [-0.25, -0.2) is 0 Å². The Kier molecular flexibility index (Phi) is 4.64. The highest BCUT2D eigenvalue weighted by atomic mass is 16.5. The average molecular weight is 352 g/mol. The first-order chi connectivity index (χ1) is 12.4. The van der Waals surface area contributed by atoms with Crippen LogP contribution in [0.3, 0.4) is 0 Å². The first kappa shape index (κ1) is 17.9. The van der Waals surface area contributed by atoms with Crippen molar-refractivity contribution in [3.8, 4) is 17.7 Å². The van der Waals surface area contributed by atoms with Crippen LogP contribution in [0.4, 0.5) is 0 Å². The molecule has 0 bridgehead atoms. The van der Waals surface area contributed by atoms with Crippen LogP contribution in [0.2, 0.25) is 0 Å². The highest BCUT2D eigenvalue weighted by Crippen LogP contribution is 2.45. The summed E-state index contributed by atoms with van der Waals surface area (Å²) in [5.74, 6) is 1.02. The van der Waals surface area contributed by atoms with Crippen LogP contribution < -0.4 is 15.2 Å². The summed E-state index contributed by atoms with van der Waals surface area (Å²) in [6.45, 7) is 9.01. The number of nitrogens with zero attached hydrogens (tertiary/aromatic N) is 2. The van der Waals surface area contributed by atoms with Crippen molar-refractivity contribution in [3.63, 3.8) is 0 Å². The minimum Gasteiger partial charge on any atom is -0.494 e. The summed E-state index contributed by atoms with van der Waals surface area (Å²) in [5.41, 5.74) is 8.97. The molecule has 0 amide bonds. The van der Waals surface area contributed by atoms with Gasteiger partial charge in [0.05, 0.1) is 18.1 Å². The summed E-state index contributed by atoms with van der Waals surface area (Å²) in [4.78, 5) is 0. The van der Waals surface area contributed by atoms with Gasteiger partial charge in [0.2, 0.25) is 11.8 Å². The zero-order chi connectivity index (χ0) is 18.9. The summed E-state index contributed by atoms with van der Waals surface area (Å²) in [7, 11) is 0. The number of benzene rings is 1. The number of nitrogens with one attached hydrogen (secondary N) is 1. The minimum absolute atomic E-state index is 0.100. The molecule has 1 aromatic heterocycles. The Morgan fingerprint density at radius 1 is 1.31 bits per heavy atom.